The first-order valence-electron chi connectivity index (χ1n) is 5.06. The first kappa shape index (κ1) is 10.3. The maximum atomic E-state index is 4.00. The zero-order valence-corrected chi connectivity index (χ0v) is 9.33. The van der Waals surface area contributed by atoms with Crippen LogP contribution in [-0.4, -0.2) is 11.5 Å². The highest BCUT2D eigenvalue weighted by atomic mass is 32.1. The van der Waals surface area contributed by atoms with Crippen LogP contribution in [0.2, 0.25) is 0 Å². The van der Waals surface area contributed by atoms with E-state index in [1.54, 1.807) is 11.3 Å². The molecule has 0 amide bonds. The van der Waals surface area contributed by atoms with Gasteiger partial charge in [-0.1, -0.05) is 0 Å². The van der Waals surface area contributed by atoms with Gasteiger partial charge in [-0.05, 0) is 53.1 Å². The summed E-state index contributed by atoms with van der Waals surface area (Å²) >= 11 is 1.75. The molecule has 2 heterocycles. The van der Waals surface area contributed by atoms with Crippen molar-refractivity contribution in [3.8, 4) is 0 Å². The second-order valence-corrected chi connectivity index (χ2v) is 4.19. The number of nitrogens with one attached hydrogen (secondary N) is 1. The van der Waals surface area contributed by atoms with E-state index in [9.17, 15) is 0 Å². The lowest BCUT2D eigenvalue weighted by Gasteiger charge is -2.02. The van der Waals surface area contributed by atoms with E-state index in [0.717, 1.165) is 19.5 Å². The molecular weight excluding hydrogens is 204 g/mol. The van der Waals surface area contributed by atoms with Crippen LogP contribution in [-0.2, 0) is 13.0 Å². The molecule has 0 aliphatic heterocycles. The third-order valence-corrected chi connectivity index (χ3v) is 2.98. The Labute approximate surface area is 94.0 Å². The topological polar surface area (TPSA) is 24.9 Å². The number of aromatic nitrogens is 1. The molecule has 0 unspecified atom stereocenters. The van der Waals surface area contributed by atoms with Crippen LogP contribution in [0, 0.1) is 0 Å². The number of pyridine rings is 1. The van der Waals surface area contributed by atoms with Gasteiger partial charge in [0.05, 0.1) is 0 Å². The smallest absolute Gasteiger partial charge is 0.0270 e. The van der Waals surface area contributed by atoms with Crippen LogP contribution in [0.3, 0.4) is 0 Å². The maximum Gasteiger partial charge on any atom is 0.0270 e. The quantitative estimate of drug-likeness (QED) is 0.780. The van der Waals surface area contributed by atoms with Gasteiger partial charge in [-0.25, -0.2) is 0 Å². The molecule has 0 fully saturated rings. The summed E-state index contributed by atoms with van der Waals surface area (Å²) in [5.41, 5.74) is 2.71. The lowest BCUT2D eigenvalue weighted by atomic mass is 10.2. The van der Waals surface area contributed by atoms with Crippen LogP contribution in [0.5, 0.6) is 0 Å². The number of rotatable bonds is 5. The third kappa shape index (κ3) is 3.46. The van der Waals surface area contributed by atoms with Crippen molar-refractivity contribution in [2.45, 2.75) is 13.0 Å². The standard InChI is InChI=1S/C12H14N2S/c1-5-13-6-2-11(1)3-7-14-9-12-4-8-15-10-12/h1-2,4-6,8,10,14H,3,7,9H2. The van der Waals surface area contributed by atoms with Gasteiger partial charge in [-0.3, -0.25) is 4.98 Å². The molecule has 0 saturated heterocycles. The molecule has 0 aromatic carbocycles. The van der Waals surface area contributed by atoms with E-state index in [2.05, 4.69) is 39.3 Å². The van der Waals surface area contributed by atoms with Crippen molar-refractivity contribution in [1.82, 2.24) is 10.3 Å². The van der Waals surface area contributed by atoms with Gasteiger partial charge in [0, 0.05) is 18.9 Å². The Kier molecular flexibility index (Phi) is 3.88. The highest BCUT2D eigenvalue weighted by Gasteiger charge is 1.93. The number of hydrogen-bond acceptors (Lipinski definition) is 3. The van der Waals surface area contributed by atoms with Gasteiger partial charge in [0.25, 0.3) is 0 Å². The molecule has 0 aliphatic carbocycles. The molecule has 2 rings (SSSR count). The minimum atomic E-state index is 0.967. The van der Waals surface area contributed by atoms with Gasteiger partial charge in [0.15, 0.2) is 0 Å². The van der Waals surface area contributed by atoms with Gasteiger partial charge < -0.3 is 5.32 Å². The average Bonchev–Trinajstić information content (AvgIpc) is 2.79. The molecule has 0 spiro atoms. The Morgan fingerprint density at radius 1 is 1.13 bits per heavy atom. The molecule has 0 radical (unpaired) electrons. The van der Waals surface area contributed by atoms with E-state index in [0.29, 0.717) is 0 Å². The van der Waals surface area contributed by atoms with E-state index in [1.807, 2.05) is 12.4 Å². The zero-order chi connectivity index (χ0) is 10.3. The lowest BCUT2D eigenvalue weighted by molar-refractivity contribution is 0.688. The first-order valence-corrected chi connectivity index (χ1v) is 6.00. The van der Waals surface area contributed by atoms with Crippen molar-refractivity contribution in [3.05, 3.63) is 52.5 Å². The average molecular weight is 218 g/mol. The Morgan fingerprint density at radius 2 is 2.00 bits per heavy atom. The van der Waals surface area contributed by atoms with Crippen LogP contribution in [0.15, 0.2) is 41.4 Å². The number of thiophene rings is 1. The summed E-state index contributed by atoms with van der Waals surface area (Å²) < 4.78 is 0. The van der Waals surface area contributed by atoms with Crippen LogP contribution in [0.4, 0.5) is 0 Å². The fourth-order valence-corrected chi connectivity index (χ4v) is 2.08. The molecule has 0 atom stereocenters. The molecule has 15 heavy (non-hydrogen) atoms. The summed E-state index contributed by atoms with van der Waals surface area (Å²) in [7, 11) is 0. The normalized spacial score (nSPS) is 10.4. The molecule has 1 N–H and O–H groups in total. The van der Waals surface area contributed by atoms with Crippen molar-refractivity contribution < 1.29 is 0 Å². The molecule has 3 heteroatoms. The zero-order valence-electron chi connectivity index (χ0n) is 8.52. The van der Waals surface area contributed by atoms with Gasteiger partial charge in [0.1, 0.15) is 0 Å². The minimum Gasteiger partial charge on any atom is -0.312 e. The lowest BCUT2D eigenvalue weighted by Crippen LogP contribution is -2.16. The molecule has 0 saturated carbocycles. The summed E-state index contributed by atoms with van der Waals surface area (Å²) in [4.78, 5) is 4.00. The van der Waals surface area contributed by atoms with E-state index >= 15 is 0 Å². The fraction of sp³-hybridized carbons (Fsp3) is 0.250. The Hall–Kier alpha value is -1.19. The SMILES string of the molecule is c1cc(CCNCc2ccsc2)ccn1. The Bertz CT molecular complexity index is 370. The van der Waals surface area contributed by atoms with Crippen molar-refractivity contribution in [2.75, 3.05) is 6.54 Å². The maximum absolute atomic E-state index is 4.00. The summed E-state index contributed by atoms with van der Waals surface area (Å²) in [6.45, 7) is 1.98. The molecular formula is C12H14N2S. The van der Waals surface area contributed by atoms with Gasteiger partial charge >= 0.3 is 0 Å². The summed E-state index contributed by atoms with van der Waals surface area (Å²) in [5.74, 6) is 0. The summed E-state index contributed by atoms with van der Waals surface area (Å²) in [6.07, 6.45) is 4.75. The predicted molar refractivity (Wildman–Crippen MR) is 64.0 cm³/mol. The molecule has 2 nitrogen and oxygen atoms in total. The van der Waals surface area contributed by atoms with Gasteiger partial charge in [-0.15, -0.1) is 0 Å². The van der Waals surface area contributed by atoms with Crippen molar-refractivity contribution in [3.63, 3.8) is 0 Å². The fourth-order valence-electron chi connectivity index (χ4n) is 1.41. The van der Waals surface area contributed by atoms with E-state index in [1.165, 1.54) is 11.1 Å². The van der Waals surface area contributed by atoms with Crippen LogP contribution >= 0.6 is 11.3 Å². The van der Waals surface area contributed by atoms with E-state index in [-0.39, 0.29) is 0 Å². The largest absolute Gasteiger partial charge is 0.312 e. The highest BCUT2D eigenvalue weighted by Crippen LogP contribution is 2.05. The van der Waals surface area contributed by atoms with Crippen molar-refractivity contribution in [2.24, 2.45) is 0 Å². The minimum absolute atomic E-state index is 0.967. The Balaban J connectivity index is 1.68. The van der Waals surface area contributed by atoms with Crippen LogP contribution in [0.1, 0.15) is 11.1 Å². The van der Waals surface area contributed by atoms with Crippen LogP contribution in [0.25, 0.3) is 0 Å². The highest BCUT2D eigenvalue weighted by molar-refractivity contribution is 7.07. The van der Waals surface area contributed by atoms with Crippen molar-refractivity contribution >= 4 is 11.3 Å². The molecule has 0 aliphatic rings. The number of hydrogen-bond donors (Lipinski definition) is 1. The van der Waals surface area contributed by atoms with E-state index < -0.39 is 0 Å². The molecule has 2 aromatic heterocycles. The second-order valence-electron chi connectivity index (χ2n) is 3.41. The van der Waals surface area contributed by atoms with Gasteiger partial charge in [-0.2, -0.15) is 11.3 Å². The summed E-state index contributed by atoms with van der Waals surface area (Å²) in [5, 5.41) is 7.71. The molecule has 78 valence electrons. The molecule has 2 aromatic rings. The first-order chi connectivity index (χ1) is 7.45. The van der Waals surface area contributed by atoms with E-state index in [4.69, 9.17) is 0 Å². The van der Waals surface area contributed by atoms with Crippen LogP contribution < -0.4 is 5.32 Å². The summed E-state index contributed by atoms with van der Waals surface area (Å²) in [6, 6.07) is 6.28. The predicted octanol–water partition coefficient (Wildman–Crippen LogP) is 2.48. The second kappa shape index (κ2) is 5.63. The number of nitrogens with zero attached hydrogens (tertiary/aromatic N) is 1. The third-order valence-electron chi connectivity index (χ3n) is 2.25. The monoisotopic (exact) mass is 218 g/mol. The van der Waals surface area contributed by atoms with Gasteiger partial charge in [0.2, 0.25) is 0 Å². The molecule has 0 bridgehead atoms. The Morgan fingerprint density at radius 3 is 2.73 bits per heavy atom. The van der Waals surface area contributed by atoms with Crippen molar-refractivity contribution in [1.29, 1.82) is 0 Å².